The van der Waals surface area contributed by atoms with Crippen molar-refractivity contribution in [3.8, 4) is 17.6 Å². The molecule has 252 valence electrons. The van der Waals surface area contributed by atoms with Crippen LogP contribution >= 0.6 is 0 Å². The Morgan fingerprint density at radius 1 is 1.04 bits per heavy atom. The number of sulfonamides is 1. The van der Waals surface area contributed by atoms with Crippen LogP contribution in [0.1, 0.15) is 47.0 Å². The first-order valence-corrected chi connectivity index (χ1v) is 17.3. The smallest absolute Gasteiger partial charge is 0.271 e. The average molecular weight is 683 g/mol. The number of nitrogens with zero attached hydrogens (tertiary/aromatic N) is 5. The molecule has 3 aliphatic rings. The third kappa shape index (κ3) is 5.30. The second kappa shape index (κ2) is 12.7. The highest BCUT2D eigenvalue weighted by atomic mass is 32.2. The first-order valence-electron chi connectivity index (χ1n) is 15.8. The number of amides is 2. The number of rotatable bonds is 9. The lowest BCUT2D eigenvalue weighted by Gasteiger charge is -2.41. The molecule has 2 fully saturated rings. The Kier molecular flexibility index (Phi) is 8.35. The van der Waals surface area contributed by atoms with Crippen molar-refractivity contribution in [1.29, 1.82) is 5.26 Å². The van der Waals surface area contributed by atoms with Crippen LogP contribution in [0.3, 0.4) is 0 Å². The minimum Gasteiger partial charge on any atom is -0.497 e. The predicted molar refractivity (Wildman–Crippen MR) is 176 cm³/mol. The summed E-state index contributed by atoms with van der Waals surface area (Å²) < 4.78 is 47.0. The van der Waals surface area contributed by atoms with Gasteiger partial charge in [0.05, 0.1) is 55.2 Å². The molecule has 0 radical (unpaired) electrons. The van der Waals surface area contributed by atoms with Gasteiger partial charge in [-0.15, -0.1) is 0 Å². The number of anilines is 1. The maximum atomic E-state index is 15.6. The van der Waals surface area contributed by atoms with E-state index in [1.165, 1.54) is 63.1 Å². The number of hydrogen-bond acceptors (Lipinski definition) is 11. The zero-order valence-electron chi connectivity index (χ0n) is 27.0. The molecule has 4 heterocycles. The highest BCUT2D eigenvalue weighted by Gasteiger charge is 2.63. The van der Waals surface area contributed by atoms with Crippen molar-refractivity contribution in [2.24, 2.45) is 0 Å². The van der Waals surface area contributed by atoms with E-state index in [2.05, 4.69) is 16.4 Å². The van der Waals surface area contributed by atoms with Crippen molar-refractivity contribution < 1.29 is 31.9 Å². The summed E-state index contributed by atoms with van der Waals surface area (Å²) in [6.45, 7) is 2.14. The normalized spacial score (nSPS) is 21.3. The van der Waals surface area contributed by atoms with Crippen LogP contribution in [0.4, 0.5) is 5.69 Å². The summed E-state index contributed by atoms with van der Waals surface area (Å²) in [7, 11) is -1.52. The van der Waals surface area contributed by atoms with Crippen molar-refractivity contribution in [2.45, 2.75) is 35.9 Å². The number of carbonyl (C=O) groups excluding carboxylic acids is 2. The third-order valence-electron chi connectivity index (χ3n) is 9.42. The quantitative estimate of drug-likeness (QED) is 0.276. The van der Waals surface area contributed by atoms with E-state index in [0.717, 1.165) is 9.87 Å². The van der Waals surface area contributed by atoms with Crippen LogP contribution in [0.15, 0.2) is 82.4 Å². The van der Waals surface area contributed by atoms with Gasteiger partial charge < -0.3 is 19.2 Å². The lowest BCUT2D eigenvalue weighted by Crippen LogP contribution is -2.54. The molecule has 3 aromatic carbocycles. The van der Waals surface area contributed by atoms with Crippen LogP contribution < -0.4 is 19.1 Å². The third-order valence-corrected chi connectivity index (χ3v) is 11.1. The number of nitriles is 1. The molecular formula is C35H34N6O7S. The van der Waals surface area contributed by atoms with Crippen molar-refractivity contribution in [2.75, 3.05) is 44.7 Å². The number of benzene rings is 3. The van der Waals surface area contributed by atoms with Gasteiger partial charge >= 0.3 is 0 Å². The highest BCUT2D eigenvalue weighted by Crippen LogP contribution is 2.56. The summed E-state index contributed by atoms with van der Waals surface area (Å²) in [4.78, 5) is 36.0. The molecule has 13 nitrogen and oxygen atoms in total. The number of nitrogens with one attached hydrogen (secondary N) is 1. The van der Waals surface area contributed by atoms with Gasteiger partial charge in [-0.1, -0.05) is 6.07 Å². The Morgan fingerprint density at radius 3 is 2.55 bits per heavy atom. The van der Waals surface area contributed by atoms with Crippen molar-refractivity contribution in [3.63, 3.8) is 0 Å². The fourth-order valence-corrected chi connectivity index (χ4v) is 8.73. The van der Waals surface area contributed by atoms with Gasteiger partial charge in [0.1, 0.15) is 17.8 Å². The molecule has 0 saturated carbocycles. The first kappa shape index (κ1) is 32.3. The highest BCUT2D eigenvalue weighted by molar-refractivity contribution is 7.93. The average Bonchev–Trinajstić information content (AvgIpc) is 3.87. The van der Waals surface area contributed by atoms with Gasteiger partial charge in [-0.05, 0) is 73.0 Å². The molecule has 14 heteroatoms. The van der Waals surface area contributed by atoms with Gasteiger partial charge in [-0.3, -0.25) is 19.4 Å². The maximum Gasteiger partial charge on any atom is 0.271 e. The molecule has 0 aliphatic carbocycles. The van der Waals surface area contributed by atoms with E-state index in [1.54, 1.807) is 12.1 Å². The number of likely N-dealkylation sites (tertiary alicyclic amines) is 1. The zero-order chi connectivity index (χ0) is 34.3. The Labute approximate surface area is 283 Å². The van der Waals surface area contributed by atoms with Crippen molar-refractivity contribution >= 4 is 27.5 Å². The molecule has 1 aromatic heterocycles. The van der Waals surface area contributed by atoms with Crippen LogP contribution in [0, 0.1) is 11.3 Å². The molecule has 1 unspecified atom stereocenters. The standard InChI is InChI=1S/C35H34N6O7S/c1-46-25-7-9-26(10-8-25)49(44,45)41-29-11-5-23(20-36)18-27(29)35(34(41)43,40-15-3-4-30(40)33-38-14-17-48-33)28-19-24(6-12-31(28)47-2)21-39-16-13-37-32(42)22-39/h5-12,14,17-19,30H,3-4,13,15-16,21-22H2,1-2H3,(H,37,42)/t30-,35?/m0/s1. The van der Waals surface area contributed by atoms with Gasteiger partial charge in [-0.25, -0.2) is 17.7 Å². The van der Waals surface area contributed by atoms with Crippen LogP contribution in [-0.2, 0) is 31.7 Å². The van der Waals surface area contributed by atoms with E-state index in [4.69, 9.17) is 13.9 Å². The molecule has 2 amide bonds. The molecular weight excluding hydrogens is 648 g/mol. The molecule has 2 saturated heterocycles. The number of hydrogen-bond donors (Lipinski definition) is 1. The predicted octanol–water partition coefficient (Wildman–Crippen LogP) is 3.31. The molecule has 0 bridgehead atoms. The monoisotopic (exact) mass is 682 g/mol. The Balaban J connectivity index is 1.49. The van der Waals surface area contributed by atoms with E-state index in [9.17, 15) is 18.5 Å². The molecule has 4 aromatic rings. The summed E-state index contributed by atoms with van der Waals surface area (Å²) in [5.41, 5.74) is 0.0944. The van der Waals surface area contributed by atoms with Gasteiger partial charge in [-0.2, -0.15) is 5.26 Å². The van der Waals surface area contributed by atoms with Gasteiger partial charge in [0.2, 0.25) is 11.8 Å². The molecule has 7 rings (SSSR count). The van der Waals surface area contributed by atoms with Crippen LogP contribution in [-0.4, -0.2) is 75.4 Å². The topological polar surface area (TPSA) is 158 Å². The van der Waals surface area contributed by atoms with Gasteiger partial charge in [0.25, 0.3) is 15.9 Å². The number of piperazine rings is 1. The Hall–Kier alpha value is -5.23. The molecule has 2 atom stereocenters. The molecule has 49 heavy (non-hydrogen) atoms. The second-order valence-electron chi connectivity index (χ2n) is 12.1. The Morgan fingerprint density at radius 2 is 1.86 bits per heavy atom. The lowest BCUT2D eigenvalue weighted by atomic mass is 9.79. The van der Waals surface area contributed by atoms with E-state index in [0.29, 0.717) is 67.5 Å². The van der Waals surface area contributed by atoms with Crippen molar-refractivity contribution in [1.82, 2.24) is 20.1 Å². The Bertz CT molecular complexity index is 2060. The molecule has 1 N–H and O–H groups in total. The van der Waals surface area contributed by atoms with E-state index < -0.39 is 27.5 Å². The van der Waals surface area contributed by atoms with Crippen molar-refractivity contribution in [3.05, 3.63) is 101 Å². The fourth-order valence-electron chi connectivity index (χ4n) is 7.27. The van der Waals surface area contributed by atoms with E-state index >= 15 is 4.79 Å². The first-order chi connectivity index (χ1) is 23.7. The SMILES string of the molecule is COc1ccc(S(=O)(=O)N2C(=O)C(c3cc(CN4CCNC(=O)C4)ccc3OC)(N3CCC[C@H]3c3ncco3)c3cc(C#N)ccc32)cc1. The summed E-state index contributed by atoms with van der Waals surface area (Å²) in [5, 5.41) is 12.9. The van der Waals surface area contributed by atoms with Crippen LogP contribution in [0.5, 0.6) is 11.5 Å². The number of carbonyl (C=O) groups is 2. The molecule has 3 aliphatic heterocycles. The summed E-state index contributed by atoms with van der Waals surface area (Å²) >= 11 is 0. The molecule has 0 spiro atoms. The summed E-state index contributed by atoms with van der Waals surface area (Å²) in [6, 6.07) is 17.6. The largest absolute Gasteiger partial charge is 0.497 e. The van der Waals surface area contributed by atoms with Crippen LogP contribution in [0.2, 0.25) is 0 Å². The van der Waals surface area contributed by atoms with Crippen LogP contribution in [0.25, 0.3) is 0 Å². The fraction of sp³-hybridized carbons (Fsp3) is 0.314. The number of oxazole rings is 1. The summed E-state index contributed by atoms with van der Waals surface area (Å²) in [6.07, 6.45) is 4.24. The van der Waals surface area contributed by atoms with E-state index in [1.807, 2.05) is 21.9 Å². The number of methoxy groups -OCH3 is 2. The summed E-state index contributed by atoms with van der Waals surface area (Å²) in [5.74, 6) is 0.362. The number of aromatic nitrogens is 1. The van der Waals surface area contributed by atoms with Gasteiger partial charge in [0, 0.05) is 37.3 Å². The lowest BCUT2D eigenvalue weighted by molar-refractivity contribution is -0.127. The number of fused-ring (bicyclic) bond motifs is 1. The maximum absolute atomic E-state index is 15.6. The zero-order valence-corrected chi connectivity index (χ0v) is 27.8. The van der Waals surface area contributed by atoms with Gasteiger partial charge in [0.15, 0.2) is 5.54 Å². The second-order valence-corrected chi connectivity index (χ2v) is 13.9. The number of ether oxygens (including phenoxy) is 2. The minimum absolute atomic E-state index is 0.0781. The van der Waals surface area contributed by atoms with E-state index in [-0.39, 0.29) is 28.6 Å². The minimum atomic E-state index is -4.50.